The molecule has 1 unspecified atom stereocenters. The third kappa shape index (κ3) is 18.6. The Morgan fingerprint density at radius 3 is 1.85 bits per heavy atom. The Bertz CT molecular complexity index is 98.8. The summed E-state index contributed by atoms with van der Waals surface area (Å²) in [5, 5.41) is 25.2. The Hall–Kier alpha value is -0.200. The molecule has 1 atom stereocenters. The van der Waals surface area contributed by atoms with Crippen molar-refractivity contribution in [2.75, 3.05) is 13.2 Å². The first-order valence-electron chi connectivity index (χ1n) is 4.34. The van der Waals surface area contributed by atoms with Crippen LogP contribution in [0.1, 0.15) is 27.2 Å². The molecule has 0 bridgehead atoms. The van der Waals surface area contributed by atoms with Crippen LogP contribution in [0.2, 0.25) is 0 Å². The molecule has 0 aromatic rings. The molecule has 13 heavy (non-hydrogen) atoms. The molecule has 0 aromatic heterocycles. The average molecular weight is 195 g/mol. The summed E-state index contributed by atoms with van der Waals surface area (Å²) in [4.78, 5) is 0. The number of hydrogen-bond donors (Lipinski definition) is 4. The zero-order valence-corrected chi connectivity index (χ0v) is 8.53. The minimum atomic E-state index is -1.95. The topological polar surface area (TPSA) is 95.9 Å². The Morgan fingerprint density at radius 1 is 1.38 bits per heavy atom. The number of ether oxygens (including phenoxy) is 1. The molecule has 0 aliphatic carbocycles. The van der Waals surface area contributed by atoms with Crippen molar-refractivity contribution in [3.63, 3.8) is 0 Å². The summed E-state index contributed by atoms with van der Waals surface area (Å²) in [7, 11) is 0. The van der Waals surface area contributed by atoms with E-state index in [2.05, 4.69) is 4.74 Å². The second-order valence-corrected chi connectivity index (χ2v) is 2.66. The van der Waals surface area contributed by atoms with Crippen molar-refractivity contribution in [1.29, 1.82) is 0 Å². The van der Waals surface area contributed by atoms with Crippen LogP contribution >= 0.6 is 0 Å². The molecule has 0 amide bonds. The fourth-order valence-corrected chi connectivity index (χ4v) is 0.440. The molecule has 0 saturated heterocycles. The lowest BCUT2D eigenvalue weighted by Crippen LogP contribution is -2.26. The summed E-state index contributed by atoms with van der Waals surface area (Å²) >= 11 is 0. The highest BCUT2D eigenvalue weighted by Crippen LogP contribution is 1.96. The van der Waals surface area contributed by atoms with Crippen LogP contribution in [0.25, 0.3) is 0 Å². The van der Waals surface area contributed by atoms with E-state index >= 15 is 0 Å². The molecule has 5 N–H and O–H groups in total. The van der Waals surface area contributed by atoms with E-state index in [4.69, 9.17) is 21.1 Å². The van der Waals surface area contributed by atoms with Gasteiger partial charge in [0.1, 0.15) is 0 Å². The quantitative estimate of drug-likeness (QED) is 0.449. The van der Waals surface area contributed by atoms with Crippen LogP contribution in [0.5, 0.6) is 0 Å². The monoisotopic (exact) mass is 195 g/mol. The molecule has 82 valence electrons. The summed E-state index contributed by atoms with van der Waals surface area (Å²) in [6.07, 6.45) is 0.473. The van der Waals surface area contributed by atoms with Crippen LogP contribution < -0.4 is 5.73 Å². The smallest absolute Gasteiger partial charge is 0.274 e. The number of aliphatic hydroxyl groups excluding tert-OH is 1. The highest BCUT2D eigenvalue weighted by Gasteiger charge is 2.12. The van der Waals surface area contributed by atoms with Crippen molar-refractivity contribution in [3.8, 4) is 0 Å². The van der Waals surface area contributed by atoms with Crippen molar-refractivity contribution in [2.24, 2.45) is 5.73 Å². The van der Waals surface area contributed by atoms with E-state index in [1.807, 2.05) is 6.92 Å². The largest absolute Gasteiger partial charge is 0.392 e. The molecule has 0 aliphatic heterocycles. The predicted octanol–water partition coefficient (Wildman–Crippen LogP) is -0.603. The predicted molar refractivity (Wildman–Crippen MR) is 49.8 cm³/mol. The van der Waals surface area contributed by atoms with Crippen LogP contribution in [-0.4, -0.2) is 40.5 Å². The summed E-state index contributed by atoms with van der Waals surface area (Å²) in [5.74, 6) is -1.95. The highest BCUT2D eigenvalue weighted by molar-refractivity contribution is 4.48. The Morgan fingerprint density at radius 2 is 1.85 bits per heavy atom. The van der Waals surface area contributed by atoms with Gasteiger partial charge in [-0.05, 0) is 13.3 Å². The summed E-state index contributed by atoms with van der Waals surface area (Å²) in [6.45, 7) is 5.44. The molecule has 0 saturated carbocycles. The van der Waals surface area contributed by atoms with Crippen LogP contribution in [0.4, 0.5) is 0 Å². The normalized spacial score (nSPS) is 13.2. The molecule has 0 rings (SSSR count). The van der Waals surface area contributed by atoms with Crippen molar-refractivity contribution in [2.45, 2.75) is 39.3 Å². The molecule has 0 heterocycles. The molecule has 5 heteroatoms. The fraction of sp³-hybridized carbons (Fsp3) is 1.00. The van der Waals surface area contributed by atoms with Crippen LogP contribution in [0.3, 0.4) is 0 Å². The van der Waals surface area contributed by atoms with Crippen LogP contribution in [0, 0.1) is 0 Å². The second kappa shape index (κ2) is 8.40. The van der Waals surface area contributed by atoms with Crippen molar-refractivity contribution >= 4 is 0 Å². The SMILES string of the molecule is CCC(O)CN.CCOC(C)(O)O. The van der Waals surface area contributed by atoms with Gasteiger partial charge in [0, 0.05) is 20.1 Å². The van der Waals surface area contributed by atoms with Crippen molar-refractivity contribution < 1.29 is 20.1 Å². The van der Waals surface area contributed by atoms with Crippen molar-refractivity contribution in [1.82, 2.24) is 0 Å². The van der Waals surface area contributed by atoms with Gasteiger partial charge in [0.2, 0.25) is 0 Å². The molecular formula is C8H21NO4. The van der Waals surface area contributed by atoms with Gasteiger partial charge >= 0.3 is 0 Å². The van der Waals surface area contributed by atoms with E-state index in [0.29, 0.717) is 13.2 Å². The lowest BCUT2D eigenvalue weighted by molar-refractivity contribution is -0.323. The maximum Gasteiger partial charge on any atom is 0.274 e. The molecule has 0 spiro atoms. The van der Waals surface area contributed by atoms with Gasteiger partial charge in [-0.15, -0.1) is 0 Å². The lowest BCUT2D eigenvalue weighted by Gasteiger charge is -2.13. The van der Waals surface area contributed by atoms with E-state index in [9.17, 15) is 0 Å². The van der Waals surface area contributed by atoms with Gasteiger partial charge in [-0.25, -0.2) is 0 Å². The summed E-state index contributed by atoms with van der Waals surface area (Å²) in [5.41, 5.74) is 5.03. The molecule has 0 fully saturated rings. The zero-order valence-electron chi connectivity index (χ0n) is 8.53. The molecule has 5 nitrogen and oxygen atoms in total. The van der Waals surface area contributed by atoms with Crippen LogP contribution in [0.15, 0.2) is 0 Å². The van der Waals surface area contributed by atoms with Gasteiger partial charge in [-0.2, -0.15) is 0 Å². The first-order valence-corrected chi connectivity index (χ1v) is 4.34. The Kier molecular flexibility index (Phi) is 9.87. The minimum absolute atomic E-state index is 0.287. The fourth-order valence-electron chi connectivity index (χ4n) is 0.440. The Balaban J connectivity index is 0. The standard InChI is InChI=1S/C4H11NO.C4H10O3/c1-2-4(6)3-5;1-3-7-4(2,5)6/h4,6H,2-3,5H2,1H3;5-6H,3H2,1-2H3. The zero-order chi connectivity index (χ0) is 10.9. The maximum absolute atomic E-state index is 8.54. The first kappa shape index (κ1) is 15.3. The van der Waals surface area contributed by atoms with Gasteiger partial charge in [0.25, 0.3) is 5.97 Å². The van der Waals surface area contributed by atoms with E-state index in [1.54, 1.807) is 6.92 Å². The third-order valence-corrected chi connectivity index (χ3v) is 1.16. The summed E-state index contributed by atoms with van der Waals surface area (Å²) in [6, 6.07) is 0. The number of rotatable bonds is 4. The maximum atomic E-state index is 8.54. The highest BCUT2D eigenvalue weighted by atomic mass is 16.8. The van der Waals surface area contributed by atoms with E-state index in [-0.39, 0.29) is 6.10 Å². The van der Waals surface area contributed by atoms with E-state index in [1.165, 1.54) is 0 Å². The minimum Gasteiger partial charge on any atom is -0.392 e. The molecule has 0 aromatic carbocycles. The molecule has 0 radical (unpaired) electrons. The lowest BCUT2D eigenvalue weighted by atomic mass is 10.3. The molecular weight excluding hydrogens is 174 g/mol. The average Bonchev–Trinajstić information content (AvgIpc) is 2.02. The summed E-state index contributed by atoms with van der Waals surface area (Å²) < 4.78 is 4.34. The van der Waals surface area contributed by atoms with Crippen molar-refractivity contribution in [3.05, 3.63) is 0 Å². The third-order valence-electron chi connectivity index (χ3n) is 1.16. The van der Waals surface area contributed by atoms with E-state index < -0.39 is 5.97 Å². The van der Waals surface area contributed by atoms with Gasteiger partial charge in [0.15, 0.2) is 0 Å². The molecule has 0 aliphatic rings. The van der Waals surface area contributed by atoms with Gasteiger partial charge in [-0.1, -0.05) is 6.92 Å². The van der Waals surface area contributed by atoms with E-state index in [0.717, 1.165) is 13.3 Å². The number of hydrogen-bond acceptors (Lipinski definition) is 5. The van der Waals surface area contributed by atoms with Gasteiger partial charge < -0.3 is 25.8 Å². The first-order chi connectivity index (χ1) is 5.87. The Labute approximate surface area is 79.1 Å². The number of nitrogens with two attached hydrogens (primary N) is 1. The number of aliphatic hydroxyl groups is 3. The second-order valence-electron chi connectivity index (χ2n) is 2.66. The van der Waals surface area contributed by atoms with Gasteiger partial charge in [0.05, 0.1) is 6.10 Å². The van der Waals surface area contributed by atoms with Gasteiger partial charge in [-0.3, -0.25) is 0 Å². The van der Waals surface area contributed by atoms with Crippen LogP contribution in [-0.2, 0) is 4.74 Å².